The number of rotatable bonds is 5. The number of hydrogen-bond donors (Lipinski definition) is 1. The normalized spacial score (nSPS) is 20.7. The molecule has 1 aliphatic carbocycles. The molecule has 1 atom stereocenters. The van der Waals surface area contributed by atoms with Crippen molar-refractivity contribution in [3.8, 4) is 0 Å². The second kappa shape index (κ2) is 7.94. The third-order valence-corrected chi connectivity index (χ3v) is 6.59. The highest BCUT2D eigenvalue weighted by molar-refractivity contribution is 5.81. The number of carbonyl (C=O) groups is 2. The van der Waals surface area contributed by atoms with Crippen molar-refractivity contribution in [2.45, 2.75) is 58.0 Å². The van der Waals surface area contributed by atoms with Crippen LogP contribution in [-0.4, -0.2) is 61.0 Å². The summed E-state index contributed by atoms with van der Waals surface area (Å²) < 4.78 is 1.79. The van der Waals surface area contributed by atoms with E-state index in [1.165, 1.54) is 0 Å². The Balaban J connectivity index is 1.24. The van der Waals surface area contributed by atoms with E-state index < -0.39 is 0 Å². The van der Waals surface area contributed by atoms with Gasteiger partial charge in [-0.15, -0.1) is 0 Å². The van der Waals surface area contributed by atoms with Crippen LogP contribution in [0.3, 0.4) is 0 Å². The summed E-state index contributed by atoms with van der Waals surface area (Å²) in [5.74, 6) is 1.12. The molecule has 0 bridgehead atoms. The first-order valence-corrected chi connectivity index (χ1v) is 11.2. The Morgan fingerprint density at radius 1 is 1.19 bits per heavy atom. The molecule has 4 heterocycles. The first-order chi connectivity index (χ1) is 15.0. The summed E-state index contributed by atoms with van der Waals surface area (Å²) in [5, 5.41) is 4.32. The largest absolute Gasteiger partial charge is 0.342 e. The van der Waals surface area contributed by atoms with E-state index in [1.807, 2.05) is 29.0 Å². The molecule has 1 saturated carbocycles. The molecule has 1 N–H and O–H groups in total. The van der Waals surface area contributed by atoms with Crippen LogP contribution < -0.4 is 5.56 Å². The quantitative estimate of drug-likeness (QED) is 0.770. The van der Waals surface area contributed by atoms with E-state index >= 15 is 0 Å². The van der Waals surface area contributed by atoms with Crippen LogP contribution in [0.15, 0.2) is 17.1 Å². The average Bonchev–Trinajstić information content (AvgIpc) is 3.34. The maximum absolute atomic E-state index is 12.7. The van der Waals surface area contributed by atoms with Gasteiger partial charge < -0.3 is 14.8 Å². The Morgan fingerprint density at radius 3 is 2.77 bits per heavy atom. The van der Waals surface area contributed by atoms with Gasteiger partial charge in [-0.3, -0.25) is 19.1 Å². The molecule has 2 aromatic heterocycles. The molecule has 9 nitrogen and oxygen atoms in total. The van der Waals surface area contributed by atoms with Crippen LogP contribution in [0.5, 0.6) is 0 Å². The minimum Gasteiger partial charge on any atom is -0.342 e. The number of fused-ring (bicyclic) bond motifs is 1. The third kappa shape index (κ3) is 4.13. The molecule has 1 unspecified atom stereocenters. The van der Waals surface area contributed by atoms with Gasteiger partial charge in [0.2, 0.25) is 11.8 Å². The maximum atomic E-state index is 12.7. The number of H-pyrrole nitrogens is 1. The van der Waals surface area contributed by atoms with Crippen LogP contribution in [0, 0.1) is 12.8 Å². The molecule has 2 aromatic rings. The maximum Gasteiger partial charge on any atom is 0.254 e. The Labute approximate surface area is 180 Å². The van der Waals surface area contributed by atoms with Gasteiger partial charge in [-0.05, 0) is 38.7 Å². The van der Waals surface area contributed by atoms with Crippen LogP contribution in [0.1, 0.15) is 54.4 Å². The predicted octanol–water partition coefficient (Wildman–Crippen LogP) is 0.976. The van der Waals surface area contributed by atoms with Crippen LogP contribution in [0.2, 0.25) is 0 Å². The Kier molecular flexibility index (Phi) is 5.11. The monoisotopic (exact) mass is 424 g/mol. The standard InChI is InChI=1S/C22H28N6O3/c1-14-4-10-28(25-14)11-7-19(29)26-8-5-16(12-26)20-23-18-13-27(22(31)15-2-3-15)9-6-17(18)21(30)24-20/h4,10,15-16H,2-3,5-9,11-13H2,1H3,(H,23,24,30). The zero-order valence-corrected chi connectivity index (χ0v) is 17.8. The van der Waals surface area contributed by atoms with Crippen LogP contribution in [0.4, 0.5) is 0 Å². The van der Waals surface area contributed by atoms with Gasteiger partial charge in [0.1, 0.15) is 5.82 Å². The minimum atomic E-state index is -0.0997. The fourth-order valence-corrected chi connectivity index (χ4v) is 4.59. The number of hydrogen-bond acceptors (Lipinski definition) is 5. The molecule has 2 aliphatic heterocycles. The molecule has 2 amide bonds. The van der Waals surface area contributed by atoms with Crippen molar-refractivity contribution in [2.24, 2.45) is 5.92 Å². The number of nitrogens with one attached hydrogen (secondary N) is 1. The molecular formula is C22H28N6O3. The SMILES string of the molecule is Cc1ccn(CCC(=O)N2CCC(c3nc4c(c(=O)[nH]3)CCN(C(=O)C3CC3)C4)C2)n1. The van der Waals surface area contributed by atoms with E-state index in [2.05, 4.69) is 10.1 Å². The zero-order chi connectivity index (χ0) is 21.5. The molecule has 0 aromatic carbocycles. The highest BCUT2D eigenvalue weighted by atomic mass is 16.2. The molecule has 0 radical (unpaired) electrons. The van der Waals surface area contributed by atoms with E-state index in [-0.39, 0.29) is 29.2 Å². The van der Waals surface area contributed by atoms with Gasteiger partial charge in [0.25, 0.3) is 5.56 Å². The lowest BCUT2D eigenvalue weighted by Crippen LogP contribution is -2.40. The molecular weight excluding hydrogens is 396 g/mol. The molecule has 31 heavy (non-hydrogen) atoms. The van der Waals surface area contributed by atoms with Gasteiger partial charge in [0.15, 0.2) is 0 Å². The summed E-state index contributed by atoms with van der Waals surface area (Å²) in [6.07, 6.45) is 5.57. The van der Waals surface area contributed by atoms with E-state index in [0.717, 1.165) is 30.7 Å². The fourth-order valence-electron chi connectivity index (χ4n) is 4.59. The van der Waals surface area contributed by atoms with Crippen molar-refractivity contribution in [3.05, 3.63) is 45.4 Å². The zero-order valence-electron chi connectivity index (χ0n) is 17.8. The second-order valence-electron chi connectivity index (χ2n) is 8.96. The fraction of sp³-hybridized carbons (Fsp3) is 0.591. The first-order valence-electron chi connectivity index (χ1n) is 11.2. The molecule has 5 rings (SSSR count). The topological polar surface area (TPSA) is 104 Å². The van der Waals surface area contributed by atoms with Gasteiger partial charge in [-0.1, -0.05) is 0 Å². The van der Waals surface area contributed by atoms with Crippen molar-refractivity contribution in [1.82, 2.24) is 29.5 Å². The van der Waals surface area contributed by atoms with E-state index in [0.29, 0.717) is 57.0 Å². The van der Waals surface area contributed by atoms with Crippen molar-refractivity contribution in [1.29, 1.82) is 0 Å². The lowest BCUT2D eigenvalue weighted by molar-refractivity contribution is -0.133. The second-order valence-corrected chi connectivity index (χ2v) is 8.96. The Bertz CT molecular complexity index is 1070. The first kappa shape index (κ1) is 20.0. The number of aromatic nitrogens is 4. The van der Waals surface area contributed by atoms with Gasteiger partial charge in [0, 0.05) is 56.2 Å². The average molecular weight is 425 g/mol. The van der Waals surface area contributed by atoms with Gasteiger partial charge in [-0.2, -0.15) is 5.10 Å². The Morgan fingerprint density at radius 2 is 2.03 bits per heavy atom. The lowest BCUT2D eigenvalue weighted by atomic mass is 10.0. The highest BCUT2D eigenvalue weighted by Gasteiger charge is 2.36. The minimum absolute atomic E-state index is 0.0170. The van der Waals surface area contributed by atoms with E-state index in [9.17, 15) is 14.4 Å². The number of nitrogens with zero attached hydrogens (tertiary/aromatic N) is 5. The summed E-state index contributed by atoms with van der Waals surface area (Å²) in [6.45, 7) is 4.72. The molecule has 0 spiro atoms. The van der Waals surface area contributed by atoms with Crippen molar-refractivity contribution in [2.75, 3.05) is 19.6 Å². The summed E-state index contributed by atoms with van der Waals surface area (Å²) in [7, 11) is 0. The van der Waals surface area contributed by atoms with Crippen LogP contribution >= 0.6 is 0 Å². The van der Waals surface area contributed by atoms with E-state index in [1.54, 1.807) is 4.68 Å². The van der Waals surface area contributed by atoms with Crippen LogP contribution in [-0.2, 0) is 29.1 Å². The summed E-state index contributed by atoms with van der Waals surface area (Å²) >= 11 is 0. The number of carbonyl (C=O) groups excluding carboxylic acids is 2. The van der Waals surface area contributed by atoms with E-state index in [4.69, 9.17) is 4.98 Å². The highest BCUT2D eigenvalue weighted by Crippen LogP contribution is 2.32. The van der Waals surface area contributed by atoms with Gasteiger partial charge in [0.05, 0.1) is 17.9 Å². The summed E-state index contributed by atoms with van der Waals surface area (Å²) in [5.41, 5.74) is 2.26. The number of aryl methyl sites for hydroxylation is 2. The summed E-state index contributed by atoms with van der Waals surface area (Å²) in [4.78, 5) is 49.1. The molecule has 9 heteroatoms. The Hall–Kier alpha value is -2.97. The summed E-state index contributed by atoms with van der Waals surface area (Å²) in [6, 6.07) is 1.92. The third-order valence-electron chi connectivity index (χ3n) is 6.59. The molecule has 1 saturated heterocycles. The van der Waals surface area contributed by atoms with Crippen molar-refractivity contribution in [3.63, 3.8) is 0 Å². The molecule has 2 fully saturated rings. The number of likely N-dealkylation sites (tertiary alicyclic amines) is 1. The van der Waals surface area contributed by atoms with Crippen molar-refractivity contribution < 1.29 is 9.59 Å². The van der Waals surface area contributed by atoms with Gasteiger partial charge >= 0.3 is 0 Å². The van der Waals surface area contributed by atoms with Crippen LogP contribution in [0.25, 0.3) is 0 Å². The predicted molar refractivity (Wildman–Crippen MR) is 112 cm³/mol. The number of aromatic amines is 1. The molecule has 164 valence electrons. The lowest BCUT2D eigenvalue weighted by Gasteiger charge is -2.28. The number of amides is 2. The van der Waals surface area contributed by atoms with Gasteiger partial charge in [-0.25, -0.2) is 4.98 Å². The smallest absolute Gasteiger partial charge is 0.254 e. The molecule has 3 aliphatic rings. The van der Waals surface area contributed by atoms with Crippen molar-refractivity contribution >= 4 is 11.8 Å².